The number of carbonyl (C=O) groups is 1. The average Bonchev–Trinajstić information content (AvgIpc) is 2.93. The fraction of sp³-hybridized carbons (Fsp3) is 0.133. The summed E-state index contributed by atoms with van der Waals surface area (Å²) in [6.45, 7) is -0.127. The number of furan rings is 1. The molecule has 0 radical (unpaired) electrons. The molecule has 0 aliphatic heterocycles. The predicted molar refractivity (Wildman–Crippen MR) is 88.2 cm³/mol. The fourth-order valence-electron chi connectivity index (χ4n) is 2.08. The summed E-state index contributed by atoms with van der Waals surface area (Å²) in [5.74, 6) is -0.152. The molecule has 24 heavy (non-hydrogen) atoms. The second-order valence-corrected chi connectivity index (χ2v) is 5.16. The summed E-state index contributed by atoms with van der Waals surface area (Å²) in [5, 5.41) is 12.3. The third kappa shape index (κ3) is 3.10. The Bertz CT molecular complexity index is 879. The molecule has 0 atom stereocenters. The maximum absolute atomic E-state index is 12.4. The number of halogens is 1. The van der Waals surface area contributed by atoms with Crippen LogP contribution in [0.15, 0.2) is 35.0 Å². The number of amides is 1. The first-order chi connectivity index (χ1) is 11.6. The lowest BCUT2D eigenvalue weighted by molar-refractivity contribution is 0.0999. The summed E-state index contributed by atoms with van der Waals surface area (Å²) in [5.41, 5.74) is 6.46. The van der Waals surface area contributed by atoms with Crippen molar-refractivity contribution in [1.29, 1.82) is 0 Å². The van der Waals surface area contributed by atoms with E-state index in [2.05, 4.69) is 15.3 Å². The van der Waals surface area contributed by atoms with E-state index in [9.17, 15) is 4.79 Å². The molecular weight excluding hydrogens is 336 g/mol. The zero-order valence-electron chi connectivity index (χ0n) is 12.3. The molecule has 0 unspecified atom stereocenters. The van der Waals surface area contributed by atoms with Crippen LogP contribution in [0.5, 0.6) is 5.88 Å². The van der Waals surface area contributed by atoms with E-state index in [1.165, 1.54) is 12.4 Å². The average molecular weight is 349 g/mol. The summed E-state index contributed by atoms with van der Waals surface area (Å²) in [4.78, 5) is 20.4. The first-order valence-electron chi connectivity index (χ1n) is 6.93. The van der Waals surface area contributed by atoms with Gasteiger partial charge in [-0.15, -0.1) is 0 Å². The minimum Gasteiger partial charge on any atom is -0.475 e. The summed E-state index contributed by atoms with van der Waals surface area (Å²) in [6, 6.07) is 4.71. The van der Waals surface area contributed by atoms with Crippen LogP contribution in [0.1, 0.15) is 10.6 Å². The predicted octanol–water partition coefficient (Wildman–Crippen LogP) is 2.08. The van der Waals surface area contributed by atoms with Crippen molar-refractivity contribution in [2.45, 2.75) is 0 Å². The number of carbonyl (C=O) groups excluding carboxylic acids is 1. The quantitative estimate of drug-likeness (QED) is 0.644. The Kier molecular flexibility index (Phi) is 4.50. The SMILES string of the molecule is Nc1c(C(=O)Nc2ccc(Cl)cn2)oc2ccnc(OCCO)c12. The molecule has 3 aromatic heterocycles. The van der Waals surface area contributed by atoms with Gasteiger partial charge >= 0.3 is 0 Å². The van der Waals surface area contributed by atoms with Crippen molar-refractivity contribution in [3.8, 4) is 5.88 Å². The number of hydrogen-bond acceptors (Lipinski definition) is 7. The van der Waals surface area contributed by atoms with Gasteiger partial charge in [-0.2, -0.15) is 0 Å². The molecule has 3 rings (SSSR count). The van der Waals surface area contributed by atoms with Gasteiger partial charge in [0.25, 0.3) is 5.91 Å². The Hall–Kier alpha value is -2.84. The lowest BCUT2D eigenvalue weighted by Crippen LogP contribution is -2.13. The Morgan fingerprint density at radius 1 is 1.38 bits per heavy atom. The number of ether oxygens (including phenoxy) is 1. The van der Waals surface area contributed by atoms with Gasteiger partial charge in [0.1, 0.15) is 23.4 Å². The maximum Gasteiger partial charge on any atom is 0.294 e. The highest BCUT2D eigenvalue weighted by Gasteiger charge is 2.22. The van der Waals surface area contributed by atoms with E-state index in [-0.39, 0.29) is 30.5 Å². The number of fused-ring (bicyclic) bond motifs is 1. The minimum atomic E-state index is -0.563. The molecule has 0 aliphatic carbocycles. The molecular formula is C15H13ClN4O4. The van der Waals surface area contributed by atoms with Gasteiger partial charge in [-0.05, 0) is 12.1 Å². The molecule has 3 heterocycles. The monoisotopic (exact) mass is 348 g/mol. The molecule has 1 amide bonds. The normalized spacial score (nSPS) is 10.8. The first-order valence-corrected chi connectivity index (χ1v) is 7.31. The molecule has 0 fully saturated rings. The molecule has 0 bridgehead atoms. The summed E-state index contributed by atoms with van der Waals surface area (Å²) < 4.78 is 10.8. The second kappa shape index (κ2) is 6.73. The molecule has 4 N–H and O–H groups in total. The van der Waals surface area contributed by atoms with Gasteiger partial charge in [-0.1, -0.05) is 11.6 Å². The van der Waals surface area contributed by atoms with Crippen LogP contribution in [0.3, 0.4) is 0 Å². The van der Waals surface area contributed by atoms with Gasteiger partial charge in [0, 0.05) is 18.5 Å². The largest absolute Gasteiger partial charge is 0.475 e. The zero-order chi connectivity index (χ0) is 17.1. The minimum absolute atomic E-state index is 0.0486. The van der Waals surface area contributed by atoms with Gasteiger partial charge in [-0.25, -0.2) is 9.97 Å². The molecule has 3 aromatic rings. The standard InChI is InChI=1S/C15H13ClN4O4/c16-8-1-2-10(19-7-8)20-14(22)13-12(17)11-9(24-13)3-4-18-15(11)23-6-5-21/h1-4,7,21H,5-6,17H2,(H,19,20,22). The number of pyridine rings is 2. The van der Waals surface area contributed by atoms with E-state index < -0.39 is 5.91 Å². The van der Waals surface area contributed by atoms with Crippen LogP contribution in [0.4, 0.5) is 11.5 Å². The van der Waals surface area contributed by atoms with Crippen LogP contribution in [-0.4, -0.2) is 34.2 Å². The van der Waals surface area contributed by atoms with Gasteiger partial charge in [0.2, 0.25) is 11.6 Å². The molecule has 8 nitrogen and oxygen atoms in total. The Morgan fingerprint density at radius 3 is 2.92 bits per heavy atom. The topological polar surface area (TPSA) is 124 Å². The number of nitrogen functional groups attached to an aromatic ring is 1. The van der Waals surface area contributed by atoms with Crippen LogP contribution in [-0.2, 0) is 0 Å². The van der Waals surface area contributed by atoms with Crippen molar-refractivity contribution < 1.29 is 19.1 Å². The fourth-order valence-corrected chi connectivity index (χ4v) is 2.19. The number of rotatable bonds is 5. The number of aliphatic hydroxyl groups is 1. The molecule has 0 spiro atoms. The molecule has 0 aliphatic rings. The smallest absolute Gasteiger partial charge is 0.294 e. The van der Waals surface area contributed by atoms with E-state index in [1.54, 1.807) is 18.2 Å². The molecule has 0 saturated heterocycles. The van der Waals surface area contributed by atoms with E-state index in [1.807, 2.05) is 0 Å². The van der Waals surface area contributed by atoms with Crippen LogP contribution in [0, 0.1) is 0 Å². The number of hydrogen-bond donors (Lipinski definition) is 3. The number of nitrogens with two attached hydrogens (primary N) is 1. The van der Waals surface area contributed by atoms with E-state index in [4.69, 9.17) is 31.6 Å². The van der Waals surface area contributed by atoms with Crippen LogP contribution in [0.25, 0.3) is 11.0 Å². The summed E-state index contributed by atoms with van der Waals surface area (Å²) >= 11 is 5.75. The van der Waals surface area contributed by atoms with Crippen molar-refractivity contribution in [1.82, 2.24) is 9.97 Å². The molecule has 0 aromatic carbocycles. The second-order valence-electron chi connectivity index (χ2n) is 4.72. The number of aromatic nitrogens is 2. The van der Waals surface area contributed by atoms with Crippen molar-refractivity contribution in [2.75, 3.05) is 24.3 Å². The third-order valence-corrected chi connectivity index (χ3v) is 3.33. The summed E-state index contributed by atoms with van der Waals surface area (Å²) in [6.07, 6.45) is 2.87. The highest BCUT2D eigenvalue weighted by Crippen LogP contribution is 2.34. The van der Waals surface area contributed by atoms with Crippen molar-refractivity contribution in [3.05, 3.63) is 41.4 Å². The van der Waals surface area contributed by atoms with Crippen LogP contribution >= 0.6 is 11.6 Å². The van der Waals surface area contributed by atoms with Gasteiger partial charge < -0.3 is 25.3 Å². The van der Waals surface area contributed by atoms with Gasteiger partial charge in [0.05, 0.1) is 17.3 Å². The van der Waals surface area contributed by atoms with Crippen LogP contribution in [0.2, 0.25) is 5.02 Å². The highest BCUT2D eigenvalue weighted by molar-refractivity contribution is 6.30. The maximum atomic E-state index is 12.4. The number of anilines is 2. The highest BCUT2D eigenvalue weighted by atomic mass is 35.5. The number of nitrogens with zero attached hydrogens (tertiary/aromatic N) is 2. The van der Waals surface area contributed by atoms with E-state index in [0.717, 1.165) is 0 Å². The van der Waals surface area contributed by atoms with Crippen molar-refractivity contribution >= 4 is 40.0 Å². The lowest BCUT2D eigenvalue weighted by atomic mass is 10.2. The number of nitrogens with one attached hydrogen (secondary N) is 1. The lowest BCUT2D eigenvalue weighted by Gasteiger charge is -2.04. The van der Waals surface area contributed by atoms with Gasteiger partial charge in [0.15, 0.2) is 0 Å². The van der Waals surface area contributed by atoms with E-state index >= 15 is 0 Å². The molecule has 124 valence electrons. The Labute approximate surface area is 141 Å². The Morgan fingerprint density at radius 2 is 2.21 bits per heavy atom. The third-order valence-electron chi connectivity index (χ3n) is 3.11. The van der Waals surface area contributed by atoms with Crippen molar-refractivity contribution in [3.63, 3.8) is 0 Å². The van der Waals surface area contributed by atoms with Crippen LogP contribution < -0.4 is 15.8 Å². The Balaban J connectivity index is 1.93. The zero-order valence-corrected chi connectivity index (χ0v) is 13.1. The number of aliphatic hydroxyl groups excluding tert-OH is 1. The van der Waals surface area contributed by atoms with Gasteiger partial charge in [-0.3, -0.25) is 4.79 Å². The van der Waals surface area contributed by atoms with E-state index in [0.29, 0.717) is 21.8 Å². The van der Waals surface area contributed by atoms with Crippen molar-refractivity contribution in [2.24, 2.45) is 0 Å². The molecule has 9 heteroatoms. The summed E-state index contributed by atoms with van der Waals surface area (Å²) in [7, 11) is 0. The molecule has 0 saturated carbocycles. The first kappa shape index (κ1) is 16.0.